The SMILES string of the molecule is CCOCCn1c(=O)c(NCCc2cnc[nH]2)nc2ccc(-c3ccc(C(F)(F)F)cc3)nc21. The standard InChI is InChI=1S/C23H23F3N6O2/c1-2-34-12-11-32-21-19(30-20(22(32)33)28-10-9-17-13-27-14-29-17)8-7-18(31-21)15-3-5-16(6-4-15)23(24,25)26/h3-8,13-14H,2,9-12H2,1H3,(H,27,29)(H,28,30). The van der Waals surface area contributed by atoms with Crippen LogP contribution in [-0.2, 0) is 23.9 Å². The summed E-state index contributed by atoms with van der Waals surface area (Å²) in [6.07, 6.45) is -0.490. The van der Waals surface area contributed by atoms with Crippen molar-refractivity contribution in [3.05, 3.63) is 70.5 Å². The van der Waals surface area contributed by atoms with E-state index in [2.05, 4.69) is 25.3 Å². The van der Waals surface area contributed by atoms with Gasteiger partial charge < -0.3 is 15.0 Å². The molecule has 0 radical (unpaired) electrons. The number of nitrogens with zero attached hydrogens (tertiary/aromatic N) is 4. The van der Waals surface area contributed by atoms with Crippen LogP contribution in [-0.4, -0.2) is 44.3 Å². The molecule has 4 aromatic rings. The summed E-state index contributed by atoms with van der Waals surface area (Å²) in [5.41, 5.74) is 1.59. The fourth-order valence-corrected chi connectivity index (χ4v) is 3.47. The zero-order chi connectivity index (χ0) is 24.1. The fourth-order valence-electron chi connectivity index (χ4n) is 3.47. The van der Waals surface area contributed by atoms with E-state index in [0.717, 1.165) is 17.8 Å². The molecule has 3 aromatic heterocycles. The summed E-state index contributed by atoms with van der Waals surface area (Å²) in [4.78, 5) is 29.1. The third kappa shape index (κ3) is 5.25. The Hall–Kier alpha value is -3.73. The largest absolute Gasteiger partial charge is 0.416 e. The monoisotopic (exact) mass is 472 g/mol. The van der Waals surface area contributed by atoms with Gasteiger partial charge in [0.25, 0.3) is 5.56 Å². The van der Waals surface area contributed by atoms with Gasteiger partial charge in [0.1, 0.15) is 5.52 Å². The van der Waals surface area contributed by atoms with Gasteiger partial charge in [0.2, 0.25) is 0 Å². The number of imidazole rings is 1. The van der Waals surface area contributed by atoms with Crippen molar-refractivity contribution >= 4 is 17.0 Å². The molecule has 0 aliphatic carbocycles. The number of hydrogen-bond acceptors (Lipinski definition) is 6. The van der Waals surface area contributed by atoms with E-state index in [1.807, 2.05) is 6.92 Å². The third-order valence-electron chi connectivity index (χ3n) is 5.20. The number of aromatic nitrogens is 5. The van der Waals surface area contributed by atoms with Gasteiger partial charge >= 0.3 is 6.18 Å². The van der Waals surface area contributed by atoms with Gasteiger partial charge in [-0.2, -0.15) is 13.2 Å². The van der Waals surface area contributed by atoms with Crippen LogP contribution in [0.3, 0.4) is 0 Å². The third-order valence-corrected chi connectivity index (χ3v) is 5.20. The topological polar surface area (TPSA) is 97.7 Å². The van der Waals surface area contributed by atoms with Gasteiger partial charge in [0.05, 0.1) is 30.7 Å². The van der Waals surface area contributed by atoms with E-state index in [1.54, 1.807) is 24.7 Å². The molecule has 3 heterocycles. The molecular weight excluding hydrogens is 449 g/mol. The predicted molar refractivity (Wildman–Crippen MR) is 122 cm³/mol. The minimum Gasteiger partial charge on any atom is -0.380 e. The number of hydrogen-bond donors (Lipinski definition) is 2. The lowest BCUT2D eigenvalue weighted by atomic mass is 10.1. The number of H-pyrrole nitrogens is 1. The first-order chi connectivity index (χ1) is 16.4. The van der Waals surface area contributed by atoms with Gasteiger partial charge in [-0.15, -0.1) is 0 Å². The van der Waals surface area contributed by atoms with Crippen molar-refractivity contribution in [3.8, 4) is 11.3 Å². The second kappa shape index (κ2) is 10.0. The molecule has 0 amide bonds. The van der Waals surface area contributed by atoms with Crippen molar-refractivity contribution in [1.82, 2.24) is 24.5 Å². The fraction of sp³-hybridized carbons (Fsp3) is 0.304. The molecule has 0 spiro atoms. The maximum atomic E-state index is 13.2. The molecule has 8 nitrogen and oxygen atoms in total. The van der Waals surface area contributed by atoms with Gasteiger partial charge in [0.15, 0.2) is 11.5 Å². The van der Waals surface area contributed by atoms with Crippen molar-refractivity contribution < 1.29 is 17.9 Å². The number of alkyl halides is 3. The molecule has 0 unspecified atom stereocenters. The molecule has 0 saturated heterocycles. The molecule has 4 rings (SSSR count). The zero-order valence-corrected chi connectivity index (χ0v) is 18.4. The summed E-state index contributed by atoms with van der Waals surface area (Å²) >= 11 is 0. The van der Waals surface area contributed by atoms with Crippen LogP contribution < -0.4 is 10.9 Å². The summed E-state index contributed by atoms with van der Waals surface area (Å²) in [5, 5.41) is 3.07. The Labute approximate surface area is 192 Å². The molecule has 0 aliphatic rings. The molecular formula is C23H23F3N6O2. The Morgan fingerprint density at radius 2 is 1.91 bits per heavy atom. The normalized spacial score (nSPS) is 11.8. The van der Waals surface area contributed by atoms with Crippen LogP contribution in [0.2, 0.25) is 0 Å². The van der Waals surface area contributed by atoms with Crippen LogP contribution >= 0.6 is 0 Å². The van der Waals surface area contributed by atoms with Crippen LogP contribution in [0.25, 0.3) is 22.4 Å². The Bertz CT molecular complexity index is 1300. The van der Waals surface area contributed by atoms with Crippen molar-refractivity contribution in [2.75, 3.05) is 25.1 Å². The Kier molecular flexibility index (Phi) is 6.92. The van der Waals surface area contributed by atoms with E-state index in [1.165, 1.54) is 16.7 Å². The van der Waals surface area contributed by atoms with Crippen LogP contribution in [0.1, 0.15) is 18.2 Å². The summed E-state index contributed by atoms with van der Waals surface area (Å²) in [6, 6.07) is 8.11. The number of benzene rings is 1. The van der Waals surface area contributed by atoms with Crippen molar-refractivity contribution in [2.45, 2.75) is 26.1 Å². The second-order valence-corrected chi connectivity index (χ2v) is 7.48. The number of halogens is 3. The maximum absolute atomic E-state index is 13.2. The molecule has 0 aliphatic heterocycles. The van der Waals surface area contributed by atoms with Crippen LogP contribution in [0.5, 0.6) is 0 Å². The first-order valence-corrected chi connectivity index (χ1v) is 10.7. The van der Waals surface area contributed by atoms with Crippen molar-refractivity contribution in [2.24, 2.45) is 0 Å². The quantitative estimate of drug-likeness (QED) is 0.359. The Balaban J connectivity index is 1.68. The van der Waals surface area contributed by atoms with E-state index < -0.39 is 11.7 Å². The van der Waals surface area contributed by atoms with Gasteiger partial charge in [0, 0.05) is 37.0 Å². The summed E-state index contributed by atoms with van der Waals surface area (Å²) < 4.78 is 45.6. The molecule has 0 fully saturated rings. The lowest BCUT2D eigenvalue weighted by molar-refractivity contribution is -0.137. The highest BCUT2D eigenvalue weighted by atomic mass is 19.4. The Morgan fingerprint density at radius 3 is 2.59 bits per heavy atom. The smallest absolute Gasteiger partial charge is 0.380 e. The molecule has 178 valence electrons. The van der Waals surface area contributed by atoms with E-state index in [0.29, 0.717) is 48.6 Å². The van der Waals surface area contributed by atoms with Gasteiger partial charge in [-0.05, 0) is 31.2 Å². The van der Waals surface area contributed by atoms with Gasteiger partial charge in [-0.1, -0.05) is 12.1 Å². The minimum atomic E-state index is -4.42. The molecule has 34 heavy (non-hydrogen) atoms. The maximum Gasteiger partial charge on any atom is 0.416 e. The first kappa shape index (κ1) is 23.4. The predicted octanol–water partition coefficient (Wildman–Crippen LogP) is 3.89. The lowest BCUT2D eigenvalue weighted by Crippen LogP contribution is -2.28. The molecule has 0 atom stereocenters. The Morgan fingerprint density at radius 1 is 1.12 bits per heavy atom. The molecule has 1 aromatic carbocycles. The highest BCUT2D eigenvalue weighted by Crippen LogP contribution is 2.31. The molecule has 2 N–H and O–H groups in total. The van der Waals surface area contributed by atoms with Gasteiger partial charge in [-0.3, -0.25) is 9.36 Å². The number of rotatable bonds is 9. The van der Waals surface area contributed by atoms with Crippen LogP contribution in [0.4, 0.5) is 19.0 Å². The van der Waals surface area contributed by atoms with E-state index >= 15 is 0 Å². The van der Waals surface area contributed by atoms with Crippen molar-refractivity contribution in [3.63, 3.8) is 0 Å². The number of aromatic amines is 1. The van der Waals surface area contributed by atoms with E-state index in [9.17, 15) is 18.0 Å². The molecule has 0 saturated carbocycles. The number of ether oxygens (including phenoxy) is 1. The van der Waals surface area contributed by atoms with Crippen LogP contribution in [0, 0.1) is 0 Å². The summed E-state index contributed by atoms with van der Waals surface area (Å²) in [7, 11) is 0. The summed E-state index contributed by atoms with van der Waals surface area (Å²) in [5.74, 6) is 0.188. The average molecular weight is 472 g/mol. The first-order valence-electron chi connectivity index (χ1n) is 10.7. The minimum absolute atomic E-state index is 0.188. The van der Waals surface area contributed by atoms with E-state index in [-0.39, 0.29) is 17.9 Å². The van der Waals surface area contributed by atoms with Gasteiger partial charge in [-0.25, -0.2) is 15.0 Å². The molecule has 0 bridgehead atoms. The number of nitrogens with one attached hydrogen (secondary N) is 2. The van der Waals surface area contributed by atoms with E-state index in [4.69, 9.17) is 4.74 Å². The second-order valence-electron chi connectivity index (χ2n) is 7.48. The number of fused-ring (bicyclic) bond motifs is 1. The lowest BCUT2D eigenvalue weighted by Gasteiger charge is -2.14. The highest BCUT2D eigenvalue weighted by Gasteiger charge is 2.30. The molecule has 11 heteroatoms. The zero-order valence-electron chi connectivity index (χ0n) is 18.4. The highest BCUT2D eigenvalue weighted by molar-refractivity contribution is 5.76. The number of pyridine rings is 1. The number of anilines is 1. The van der Waals surface area contributed by atoms with Crippen LogP contribution in [0.15, 0.2) is 53.7 Å². The van der Waals surface area contributed by atoms with Crippen molar-refractivity contribution in [1.29, 1.82) is 0 Å². The summed E-state index contributed by atoms with van der Waals surface area (Å²) in [6.45, 7) is 3.38. The average Bonchev–Trinajstić information content (AvgIpc) is 3.34.